The van der Waals surface area contributed by atoms with Gasteiger partial charge in [-0.25, -0.2) is 4.68 Å². The Bertz CT molecular complexity index is 653. The number of aliphatic hydroxyl groups is 1. The number of rotatable bonds is 6. The molecular formula is C17H24N4O2S. The van der Waals surface area contributed by atoms with Gasteiger partial charge in [-0.15, -0.1) is 11.3 Å². The molecule has 0 spiro atoms. The molecule has 3 heterocycles. The highest BCUT2D eigenvalue weighted by Gasteiger charge is 2.27. The number of anilines is 1. The van der Waals surface area contributed by atoms with E-state index in [9.17, 15) is 9.90 Å². The van der Waals surface area contributed by atoms with Gasteiger partial charge in [0, 0.05) is 17.0 Å². The van der Waals surface area contributed by atoms with Crippen molar-refractivity contribution >= 4 is 23.1 Å². The summed E-state index contributed by atoms with van der Waals surface area (Å²) in [5.74, 6) is 0.648. The molecule has 6 nitrogen and oxygen atoms in total. The molecule has 0 saturated carbocycles. The van der Waals surface area contributed by atoms with E-state index in [1.807, 2.05) is 17.5 Å². The highest BCUT2D eigenvalue weighted by molar-refractivity contribution is 7.09. The third kappa shape index (κ3) is 4.23. The Balaban J connectivity index is 1.60. The van der Waals surface area contributed by atoms with Crippen LogP contribution in [0.15, 0.2) is 29.8 Å². The molecule has 2 unspecified atom stereocenters. The predicted octanol–water partition coefficient (Wildman–Crippen LogP) is 2.17. The minimum atomic E-state index is -0.414. The van der Waals surface area contributed by atoms with Gasteiger partial charge in [0.15, 0.2) is 0 Å². The monoisotopic (exact) mass is 348 g/mol. The number of nitrogens with one attached hydrogen (secondary N) is 1. The lowest BCUT2D eigenvalue weighted by molar-refractivity contribution is -0.119. The number of aliphatic hydroxyl groups excluding tert-OH is 1. The van der Waals surface area contributed by atoms with Crippen LogP contribution in [-0.2, 0) is 11.3 Å². The van der Waals surface area contributed by atoms with E-state index < -0.39 is 6.10 Å². The van der Waals surface area contributed by atoms with Gasteiger partial charge in [0.25, 0.3) is 0 Å². The average Bonchev–Trinajstić information content (AvgIpc) is 3.21. The minimum Gasteiger partial charge on any atom is -0.392 e. The van der Waals surface area contributed by atoms with E-state index in [1.54, 1.807) is 29.1 Å². The summed E-state index contributed by atoms with van der Waals surface area (Å²) in [5, 5.41) is 19.2. The van der Waals surface area contributed by atoms with Gasteiger partial charge in [-0.1, -0.05) is 12.5 Å². The summed E-state index contributed by atoms with van der Waals surface area (Å²) in [5.41, 5.74) is 0. The van der Waals surface area contributed by atoms with Crippen molar-refractivity contribution in [1.29, 1.82) is 0 Å². The van der Waals surface area contributed by atoms with Gasteiger partial charge in [0.2, 0.25) is 5.91 Å². The van der Waals surface area contributed by atoms with Gasteiger partial charge in [-0.05, 0) is 37.8 Å². The number of nitrogens with zero attached hydrogens (tertiary/aromatic N) is 3. The summed E-state index contributed by atoms with van der Waals surface area (Å²) < 4.78 is 1.80. The highest BCUT2D eigenvalue weighted by atomic mass is 32.1. The second-order valence-electron chi connectivity index (χ2n) is 6.28. The van der Waals surface area contributed by atoms with E-state index in [2.05, 4.69) is 21.4 Å². The summed E-state index contributed by atoms with van der Waals surface area (Å²) in [6, 6.07) is 5.95. The molecule has 2 N–H and O–H groups in total. The SMILES string of the molecule is CC(O)C1CCCCN1CC(=O)Nc1ccnn1Cc1cccs1. The number of carbonyl (C=O) groups excluding carboxylic acids is 1. The van der Waals surface area contributed by atoms with Crippen molar-refractivity contribution in [3.63, 3.8) is 0 Å². The van der Waals surface area contributed by atoms with Gasteiger partial charge >= 0.3 is 0 Å². The van der Waals surface area contributed by atoms with Gasteiger partial charge in [0.1, 0.15) is 5.82 Å². The molecule has 1 aliphatic heterocycles. The largest absolute Gasteiger partial charge is 0.392 e. The first-order valence-corrected chi connectivity index (χ1v) is 9.27. The molecular weight excluding hydrogens is 324 g/mol. The Labute approximate surface area is 146 Å². The van der Waals surface area contributed by atoms with Crippen molar-refractivity contribution in [2.45, 2.75) is 44.9 Å². The summed E-state index contributed by atoms with van der Waals surface area (Å²) in [4.78, 5) is 15.7. The van der Waals surface area contributed by atoms with Crippen LogP contribution in [0.5, 0.6) is 0 Å². The smallest absolute Gasteiger partial charge is 0.239 e. The number of hydrogen-bond donors (Lipinski definition) is 2. The van der Waals surface area contributed by atoms with E-state index in [-0.39, 0.29) is 11.9 Å². The Morgan fingerprint density at radius 2 is 2.38 bits per heavy atom. The molecule has 0 bridgehead atoms. The summed E-state index contributed by atoms with van der Waals surface area (Å²) in [7, 11) is 0. The summed E-state index contributed by atoms with van der Waals surface area (Å²) in [6.07, 6.45) is 4.42. The maximum atomic E-state index is 12.4. The maximum Gasteiger partial charge on any atom is 0.239 e. The normalized spacial score (nSPS) is 20.0. The van der Waals surface area contributed by atoms with Crippen molar-refractivity contribution in [2.24, 2.45) is 0 Å². The lowest BCUT2D eigenvalue weighted by atomic mass is 9.98. The van der Waals surface area contributed by atoms with Crippen LogP contribution in [0.3, 0.4) is 0 Å². The van der Waals surface area contributed by atoms with Crippen molar-refractivity contribution in [3.05, 3.63) is 34.7 Å². The first-order chi connectivity index (χ1) is 11.6. The average molecular weight is 348 g/mol. The summed E-state index contributed by atoms with van der Waals surface area (Å²) in [6.45, 7) is 3.62. The predicted molar refractivity (Wildman–Crippen MR) is 95.2 cm³/mol. The fourth-order valence-corrected chi connectivity index (χ4v) is 3.93. The summed E-state index contributed by atoms with van der Waals surface area (Å²) >= 11 is 1.67. The first-order valence-electron chi connectivity index (χ1n) is 8.39. The van der Waals surface area contributed by atoms with Crippen LogP contribution in [0.1, 0.15) is 31.1 Å². The third-order valence-corrected chi connectivity index (χ3v) is 5.30. The molecule has 24 heavy (non-hydrogen) atoms. The van der Waals surface area contributed by atoms with E-state index >= 15 is 0 Å². The number of piperidine rings is 1. The lowest BCUT2D eigenvalue weighted by Crippen LogP contribution is -2.48. The third-order valence-electron chi connectivity index (χ3n) is 4.44. The molecule has 1 aliphatic rings. The quantitative estimate of drug-likeness (QED) is 0.839. The number of likely N-dealkylation sites (tertiary alicyclic amines) is 1. The van der Waals surface area contributed by atoms with Crippen LogP contribution in [-0.4, -0.2) is 50.9 Å². The van der Waals surface area contributed by atoms with Crippen molar-refractivity contribution < 1.29 is 9.90 Å². The lowest BCUT2D eigenvalue weighted by Gasteiger charge is -2.36. The van der Waals surface area contributed by atoms with Crippen LogP contribution in [0.2, 0.25) is 0 Å². The second-order valence-corrected chi connectivity index (χ2v) is 7.31. The zero-order valence-corrected chi connectivity index (χ0v) is 14.7. The van der Waals surface area contributed by atoms with E-state index in [4.69, 9.17) is 0 Å². The van der Waals surface area contributed by atoms with Gasteiger partial charge in [-0.3, -0.25) is 9.69 Å². The second kappa shape index (κ2) is 7.92. The minimum absolute atomic E-state index is 0.0597. The molecule has 1 fully saturated rings. The van der Waals surface area contributed by atoms with E-state index in [1.165, 1.54) is 4.88 Å². The van der Waals surface area contributed by atoms with Crippen LogP contribution >= 0.6 is 11.3 Å². The van der Waals surface area contributed by atoms with E-state index in [0.29, 0.717) is 18.9 Å². The molecule has 7 heteroatoms. The van der Waals surface area contributed by atoms with Gasteiger partial charge in [-0.2, -0.15) is 5.10 Å². The fourth-order valence-electron chi connectivity index (χ4n) is 3.24. The molecule has 130 valence electrons. The van der Waals surface area contributed by atoms with Crippen molar-refractivity contribution in [3.8, 4) is 0 Å². The molecule has 0 aromatic carbocycles. The van der Waals surface area contributed by atoms with Gasteiger partial charge in [0.05, 0.1) is 25.4 Å². The molecule has 1 saturated heterocycles. The maximum absolute atomic E-state index is 12.4. The van der Waals surface area contributed by atoms with Crippen molar-refractivity contribution in [1.82, 2.24) is 14.7 Å². The molecule has 2 aromatic heterocycles. The highest BCUT2D eigenvalue weighted by Crippen LogP contribution is 2.20. The number of carbonyl (C=O) groups is 1. The molecule has 0 aliphatic carbocycles. The Morgan fingerprint density at radius 3 is 3.12 bits per heavy atom. The number of amides is 1. The number of aromatic nitrogens is 2. The first kappa shape index (κ1) is 17.1. The fraction of sp³-hybridized carbons (Fsp3) is 0.529. The van der Waals surface area contributed by atoms with Gasteiger partial charge < -0.3 is 10.4 Å². The van der Waals surface area contributed by atoms with E-state index in [0.717, 1.165) is 25.8 Å². The molecule has 1 amide bonds. The van der Waals surface area contributed by atoms with Crippen LogP contribution in [0.4, 0.5) is 5.82 Å². The standard InChI is InChI=1S/C17H24N4O2S/c1-13(22)15-6-2-3-9-20(15)12-17(23)19-16-7-8-18-21(16)11-14-5-4-10-24-14/h4-5,7-8,10,13,15,22H,2-3,6,9,11-12H2,1H3,(H,19,23). The number of thiophene rings is 1. The molecule has 3 rings (SSSR count). The van der Waals surface area contributed by atoms with Crippen LogP contribution in [0, 0.1) is 0 Å². The molecule has 2 aromatic rings. The van der Waals surface area contributed by atoms with Crippen LogP contribution < -0.4 is 5.32 Å². The molecule has 2 atom stereocenters. The number of hydrogen-bond acceptors (Lipinski definition) is 5. The topological polar surface area (TPSA) is 70.4 Å². The Morgan fingerprint density at radius 1 is 1.50 bits per heavy atom. The Hall–Kier alpha value is -1.70. The zero-order valence-electron chi connectivity index (χ0n) is 13.9. The van der Waals surface area contributed by atoms with Crippen molar-refractivity contribution in [2.75, 3.05) is 18.4 Å². The zero-order chi connectivity index (χ0) is 16.9. The Kier molecular flexibility index (Phi) is 5.65. The van der Waals surface area contributed by atoms with Crippen LogP contribution in [0.25, 0.3) is 0 Å². The molecule has 0 radical (unpaired) electrons.